The van der Waals surface area contributed by atoms with E-state index >= 15 is 0 Å². The fourth-order valence-corrected chi connectivity index (χ4v) is 3.11. The van der Waals surface area contributed by atoms with E-state index in [-0.39, 0.29) is 19.0 Å². The van der Waals surface area contributed by atoms with Gasteiger partial charge >= 0.3 is 6.18 Å². The van der Waals surface area contributed by atoms with E-state index in [4.69, 9.17) is 4.74 Å². The summed E-state index contributed by atoms with van der Waals surface area (Å²) in [4.78, 5) is 17.5. The van der Waals surface area contributed by atoms with E-state index in [0.717, 1.165) is 10.6 Å². The van der Waals surface area contributed by atoms with Crippen LogP contribution in [0.3, 0.4) is 0 Å². The van der Waals surface area contributed by atoms with Crippen LogP contribution in [0.1, 0.15) is 31.0 Å². The molecule has 1 amide bonds. The van der Waals surface area contributed by atoms with Crippen molar-refractivity contribution in [2.45, 2.75) is 38.1 Å². The van der Waals surface area contributed by atoms with Crippen molar-refractivity contribution < 1.29 is 27.8 Å². The zero-order chi connectivity index (χ0) is 20.0. The minimum atomic E-state index is -5.05. The summed E-state index contributed by atoms with van der Waals surface area (Å²) in [5, 5.41) is 13.9. The Morgan fingerprint density at radius 2 is 2.04 bits per heavy atom. The maximum atomic E-state index is 13.0. The number of methoxy groups -OCH3 is 1. The zero-order valence-electron chi connectivity index (χ0n) is 15.0. The van der Waals surface area contributed by atoms with Crippen LogP contribution in [0.2, 0.25) is 0 Å². The number of nitrogens with zero attached hydrogens (tertiary/aromatic N) is 4. The minimum Gasteiger partial charge on any atom is -0.495 e. The summed E-state index contributed by atoms with van der Waals surface area (Å²) in [6, 6.07) is 3.44. The molecule has 2 atom stereocenters. The second-order valence-corrected chi connectivity index (χ2v) is 6.68. The molecule has 0 aliphatic carbocycles. The number of amides is 1. The molecule has 146 valence electrons. The predicted molar refractivity (Wildman–Crippen MR) is 88.4 cm³/mol. The van der Waals surface area contributed by atoms with Crippen molar-refractivity contribution in [2.75, 3.05) is 13.7 Å². The van der Waals surface area contributed by atoms with Crippen molar-refractivity contribution in [2.24, 2.45) is 0 Å². The lowest BCUT2D eigenvalue weighted by atomic mass is 9.95. The maximum absolute atomic E-state index is 13.0. The predicted octanol–water partition coefficient (Wildman–Crippen LogP) is 2.03. The number of alkyl halides is 3. The summed E-state index contributed by atoms with van der Waals surface area (Å²) < 4.78 is 45.6. The van der Waals surface area contributed by atoms with E-state index in [9.17, 15) is 23.1 Å². The summed E-state index contributed by atoms with van der Waals surface area (Å²) in [5.41, 5.74) is -2.06. The second kappa shape index (κ2) is 6.52. The third kappa shape index (κ3) is 3.25. The lowest BCUT2D eigenvalue weighted by molar-refractivity contribution is -0.250. The standard InChI is InChI=1S/C17H19F3N4O3/c1-10-8-23(15(25)16(2,26)17(18,19)20)9-11-6-22-24(14(10)11)13-5-4-12(27-3)7-21-13/h4-7,10,26H,8-9H2,1-3H3/t10-,16-/m1/s1. The van der Waals surface area contributed by atoms with Crippen LogP contribution in [0.15, 0.2) is 24.5 Å². The largest absolute Gasteiger partial charge is 0.495 e. The number of carbonyl (C=O) groups is 1. The van der Waals surface area contributed by atoms with Crippen molar-refractivity contribution in [1.29, 1.82) is 0 Å². The molecule has 0 unspecified atom stereocenters. The van der Waals surface area contributed by atoms with Crippen molar-refractivity contribution in [1.82, 2.24) is 19.7 Å². The molecule has 0 saturated heterocycles. The molecule has 2 aromatic heterocycles. The minimum absolute atomic E-state index is 0.0277. The van der Waals surface area contributed by atoms with Crippen LogP contribution in [-0.4, -0.2) is 56.1 Å². The Morgan fingerprint density at radius 1 is 1.33 bits per heavy atom. The summed E-state index contributed by atoms with van der Waals surface area (Å²) in [5.74, 6) is -0.555. The van der Waals surface area contributed by atoms with Crippen LogP contribution < -0.4 is 4.74 Å². The summed E-state index contributed by atoms with van der Waals surface area (Å²) in [7, 11) is 1.52. The topological polar surface area (TPSA) is 80.5 Å². The van der Waals surface area contributed by atoms with Crippen LogP contribution >= 0.6 is 0 Å². The summed E-state index contributed by atoms with van der Waals surface area (Å²) >= 11 is 0. The third-order valence-electron chi connectivity index (χ3n) is 4.64. The van der Waals surface area contributed by atoms with Crippen LogP contribution in [0.4, 0.5) is 13.2 Å². The van der Waals surface area contributed by atoms with Gasteiger partial charge in [-0.25, -0.2) is 9.67 Å². The number of halogens is 3. The molecule has 3 heterocycles. The zero-order valence-corrected chi connectivity index (χ0v) is 15.0. The molecule has 3 rings (SSSR count). The van der Waals surface area contributed by atoms with Crippen LogP contribution in [0.25, 0.3) is 5.82 Å². The molecule has 27 heavy (non-hydrogen) atoms. The van der Waals surface area contributed by atoms with Crippen LogP contribution in [-0.2, 0) is 11.3 Å². The molecule has 1 aliphatic heterocycles. The summed E-state index contributed by atoms with van der Waals surface area (Å²) in [6.45, 7) is 2.21. The molecule has 0 aromatic carbocycles. The number of hydrogen-bond donors (Lipinski definition) is 1. The number of ether oxygens (including phenoxy) is 1. The quantitative estimate of drug-likeness (QED) is 0.876. The van der Waals surface area contributed by atoms with E-state index in [1.54, 1.807) is 23.7 Å². The van der Waals surface area contributed by atoms with Gasteiger partial charge in [0.2, 0.25) is 5.60 Å². The van der Waals surface area contributed by atoms with Gasteiger partial charge in [-0.2, -0.15) is 18.3 Å². The highest BCUT2D eigenvalue weighted by Crippen LogP contribution is 2.35. The summed E-state index contributed by atoms with van der Waals surface area (Å²) in [6.07, 6.45) is -2.02. The SMILES string of the molecule is COc1ccc(-n2ncc3c2[C@H](C)CN(C(=O)[C@@](C)(O)C(F)(F)F)C3)nc1. The van der Waals surface area contributed by atoms with Crippen LogP contribution in [0, 0.1) is 0 Å². The molecule has 7 nitrogen and oxygen atoms in total. The van der Waals surface area contributed by atoms with Gasteiger partial charge in [0, 0.05) is 24.6 Å². The number of carbonyl (C=O) groups excluding carboxylic acids is 1. The normalized spacial score (nSPS) is 19.4. The molecule has 2 aromatic rings. The van der Waals surface area contributed by atoms with Gasteiger partial charge in [-0.15, -0.1) is 0 Å². The number of fused-ring (bicyclic) bond motifs is 1. The molecule has 0 saturated carbocycles. The molecule has 1 aliphatic rings. The molecular formula is C17H19F3N4O3. The van der Waals surface area contributed by atoms with E-state index in [0.29, 0.717) is 24.1 Å². The van der Waals surface area contributed by atoms with Gasteiger partial charge in [0.1, 0.15) is 5.75 Å². The third-order valence-corrected chi connectivity index (χ3v) is 4.64. The molecule has 0 fully saturated rings. The van der Waals surface area contributed by atoms with Gasteiger partial charge < -0.3 is 14.7 Å². The van der Waals surface area contributed by atoms with Crippen molar-refractivity contribution in [3.8, 4) is 11.6 Å². The molecule has 0 spiro atoms. The smallest absolute Gasteiger partial charge is 0.426 e. The van der Waals surface area contributed by atoms with Crippen molar-refractivity contribution in [3.05, 3.63) is 35.8 Å². The number of aromatic nitrogens is 3. The fraction of sp³-hybridized carbons (Fsp3) is 0.471. The van der Waals surface area contributed by atoms with E-state index in [1.165, 1.54) is 19.5 Å². The Labute approximate surface area is 153 Å². The molecule has 10 heteroatoms. The first-order chi connectivity index (χ1) is 12.6. The van der Waals surface area contributed by atoms with Gasteiger partial charge in [-0.3, -0.25) is 4.79 Å². The second-order valence-electron chi connectivity index (χ2n) is 6.68. The molecule has 0 radical (unpaired) electrons. The first-order valence-corrected chi connectivity index (χ1v) is 8.22. The lowest BCUT2D eigenvalue weighted by Crippen LogP contribution is -2.57. The molecular weight excluding hydrogens is 365 g/mol. The van der Waals surface area contributed by atoms with Gasteiger partial charge in [-0.1, -0.05) is 6.92 Å². The number of hydrogen-bond acceptors (Lipinski definition) is 5. The van der Waals surface area contributed by atoms with Crippen molar-refractivity contribution in [3.63, 3.8) is 0 Å². The average Bonchev–Trinajstić information content (AvgIpc) is 3.04. The first kappa shape index (κ1) is 19.2. The Morgan fingerprint density at radius 3 is 2.59 bits per heavy atom. The Balaban J connectivity index is 1.89. The van der Waals surface area contributed by atoms with E-state index in [1.807, 2.05) is 0 Å². The fourth-order valence-electron chi connectivity index (χ4n) is 3.11. The van der Waals surface area contributed by atoms with Crippen molar-refractivity contribution >= 4 is 5.91 Å². The van der Waals surface area contributed by atoms with Gasteiger partial charge in [0.15, 0.2) is 5.82 Å². The highest BCUT2D eigenvalue weighted by Gasteiger charge is 2.57. The maximum Gasteiger partial charge on any atom is 0.426 e. The highest BCUT2D eigenvalue weighted by molar-refractivity contribution is 5.85. The Kier molecular flexibility index (Phi) is 4.62. The molecule has 1 N–H and O–H groups in total. The monoisotopic (exact) mass is 384 g/mol. The average molecular weight is 384 g/mol. The van der Waals surface area contributed by atoms with Gasteiger partial charge in [-0.05, 0) is 19.1 Å². The van der Waals surface area contributed by atoms with E-state index in [2.05, 4.69) is 10.1 Å². The van der Waals surface area contributed by atoms with E-state index < -0.39 is 17.7 Å². The number of rotatable bonds is 3. The molecule has 0 bridgehead atoms. The lowest BCUT2D eigenvalue weighted by Gasteiger charge is -2.36. The number of pyridine rings is 1. The van der Waals surface area contributed by atoms with Gasteiger partial charge in [0.05, 0.1) is 25.2 Å². The first-order valence-electron chi connectivity index (χ1n) is 8.22. The van der Waals surface area contributed by atoms with Gasteiger partial charge in [0.25, 0.3) is 5.91 Å². The Hall–Kier alpha value is -2.62. The Bertz CT molecular complexity index is 846. The van der Waals surface area contributed by atoms with Crippen LogP contribution in [0.5, 0.6) is 5.75 Å². The highest BCUT2D eigenvalue weighted by atomic mass is 19.4. The number of aliphatic hydroxyl groups is 1.